The fourth-order valence-corrected chi connectivity index (χ4v) is 9.97. The number of carbonyl (C=O) groups is 3. The Hall–Kier alpha value is -3.41. The Kier molecular flexibility index (Phi) is 65.2. The van der Waals surface area contributed by atoms with Gasteiger partial charge in [-0.15, -0.1) is 0 Å². The van der Waals surface area contributed by atoms with Crippen LogP contribution in [0.5, 0.6) is 0 Å². The second kappa shape index (κ2) is 68.1. The smallest absolute Gasteiger partial charge is 0.306 e. The lowest BCUT2D eigenvalue weighted by molar-refractivity contribution is -0.167. The van der Waals surface area contributed by atoms with Crippen LogP contribution >= 0.6 is 0 Å². The van der Waals surface area contributed by atoms with Gasteiger partial charge in [-0.1, -0.05) is 318 Å². The SMILES string of the molecule is CC/C=C\C/C=C\C/C=C\C/C=C\CCCCCCCCCCCCCCCCCCCCCCCCC(=O)OCC(COC(=O)CCCCCCCC)OC(=O)CCCCCCCC/C=C\C/C=C\C/C=C\CCCCCCC. The zero-order valence-electron chi connectivity index (χ0n) is 53.1. The number of hydrogen-bond acceptors (Lipinski definition) is 6. The molecular formula is C74H130O6. The first-order chi connectivity index (χ1) is 39.5. The molecule has 80 heavy (non-hydrogen) atoms. The number of ether oxygens (including phenoxy) is 3. The van der Waals surface area contributed by atoms with Gasteiger partial charge in [0.15, 0.2) is 6.10 Å². The van der Waals surface area contributed by atoms with E-state index >= 15 is 0 Å². The standard InChI is InChI=1S/C74H130O6/c1-4-7-10-13-16-18-20-22-24-26-28-30-31-32-33-34-35-36-37-38-39-40-41-42-43-45-46-48-50-52-54-56-58-61-64-67-73(76)79-70-71(69-78-72(75)66-63-60-15-12-9-6-3)80-74(77)68-65-62-59-57-55-53-51-49-47-44-29-27-25-23-21-19-17-14-11-8-5-2/h7,10,16,18,21-24,27-30,47,49,71H,4-6,8-9,11-15,17,19-20,25-26,31-46,48,50-70H2,1-3H3/b10-7-,18-16-,23-21-,24-22-,29-27-,30-28-,49-47-. The van der Waals surface area contributed by atoms with Gasteiger partial charge < -0.3 is 14.2 Å². The molecule has 462 valence electrons. The molecule has 0 radical (unpaired) electrons. The van der Waals surface area contributed by atoms with Crippen LogP contribution in [-0.4, -0.2) is 37.2 Å². The zero-order chi connectivity index (χ0) is 57.8. The number of rotatable bonds is 63. The van der Waals surface area contributed by atoms with E-state index in [2.05, 4.69) is 106 Å². The second-order valence-corrected chi connectivity index (χ2v) is 23.1. The summed E-state index contributed by atoms with van der Waals surface area (Å²) in [5.41, 5.74) is 0. The first-order valence-corrected chi connectivity index (χ1v) is 34.6. The van der Waals surface area contributed by atoms with E-state index in [-0.39, 0.29) is 31.1 Å². The molecule has 0 saturated heterocycles. The van der Waals surface area contributed by atoms with Crippen LogP contribution in [0, 0.1) is 0 Å². The Balaban J connectivity index is 3.97. The van der Waals surface area contributed by atoms with Gasteiger partial charge in [-0.05, 0) is 96.3 Å². The lowest BCUT2D eigenvalue weighted by Crippen LogP contribution is -2.30. The van der Waals surface area contributed by atoms with Crippen molar-refractivity contribution in [2.24, 2.45) is 0 Å². The van der Waals surface area contributed by atoms with E-state index in [0.717, 1.165) is 109 Å². The maximum atomic E-state index is 12.8. The molecule has 0 saturated carbocycles. The number of carbonyl (C=O) groups excluding carboxylic acids is 3. The molecule has 0 fully saturated rings. The molecule has 0 spiro atoms. The largest absolute Gasteiger partial charge is 0.462 e. The van der Waals surface area contributed by atoms with Gasteiger partial charge in [0, 0.05) is 19.3 Å². The molecule has 0 aliphatic heterocycles. The van der Waals surface area contributed by atoms with Crippen LogP contribution in [0.4, 0.5) is 0 Å². The highest BCUT2D eigenvalue weighted by molar-refractivity contribution is 5.71. The van der Waals surface area contributed by atoms with Gasteiger partial charge >= 0.3 is 17.9 Å². The summed E-state index contributed by atoms with van der Waals surface area (Å²) >= 11 is 0. The Bertz CT molecular complexity index is 1520. The highest BCUT2D eigenvalue weighted by Crippen LogP contribution is 2.18. The van der Waals surface area contributed by atoms with Crippen molar-refractivity contribution in [3.8, 4) is 0 Å². The van der Waals surface area contributed by atoms with E-state index in [9.17, 15) is 14.4 Å². The van der Waals surface area contributed by atoms with Gasteiger partial charge in [0.2, 0.25) is 0 Å². The summed E-state index contributed by atoms with van der Waals surface area (Å²) in [7, 11) is 0. The lowest BCUT2D eigenvalue weighted by Gasteiger charge is -2.18. The number of hydrogen-bond donors (Lipinski definition) is 0. The monoisotopic (exact) mass is 1110 g/mol. The van der Waals surface area contributed by atoms with Crippen molar-refractivity contribution in [3.05, 3.63) is 85.1 Å². The molecule has 6 heteroatoms. The van der Waals surface area contributed by atoms with Crippen molar-refractivity contribution < 1.29 is 28.6 Å². The Morgan fingerprint density at radius 2 is 0.487 bits per heavy atom. The van der Waals surface area contributed by atoms with Crippen LogP contribution in [0.25, 0.3) is 0 Å². The topological polar surface area (TPSA) is 78.9 Å². The third-order valence-electron chi connectivity index (χ3n) is 15.1. The maximum Gasteiger partial charge on any atom is 0.306 e. The van der Waals surface area contributed by atoms with E-state index in [1.807, 2.05) is 0 Å². The van der Waals surface area contributed by atoms with Gasteiger partial charge in [0.25, 0.3) is 0 Å². The highest BCUT2D eigenvalue weighted by Gasteiger charge is 2.19. The quantitative estimate of drug-likeness (QED) is 0.0261. The first-order valence-electron chi connectivity index (χ1n) is 34.6. The predicted molar refractivity (Wildman–Crippen MR) is 348 cm³/mol. The number of esters is 3. The minimum Gasteiger partial charge on any atom is -0.462 e. The van der Waals surface area contributed by atoms with Crippen LogP contribution in [0.3, 0.4) is 0 Å². The molecule has 0 aromatic heterocycles. The van der Waals surface area contributed by atoms with E-state index in [0.29, 0.717) is 19.3 Å². The van der Waals surface area contributed by atoms with Crippen LogP contribution in [0.15, 0.2) is 85.1 Å². The zero-order valence-corrected chi connectivity index (χ0v) is 53.1. The average molecular weight is 1120 g/mol. The molecule has 0 bridgehead atoms. The third kappa shape index (κ3) is 65.4. The second-order valence-electron chi connectivity index (χ2n) is 23.1. The summed E-state index contributed by atoms with van der Waals surface area (Å²) in [4.78, 5) is 38.1. The minimum atomic E-state index is -0.778. The third-order valence-corrected chi connectivity index (χ3v) is 15.1. The van der Waals surface area contributed by atoms with Crippen molar-refractivity contribution in [3.63, 3.8) is 0 Å². The van der Waals surface area contributed by atoms with Crippen molar-refractivity contribution in [1.82, 2.24) is 0 Å². The number of allylic oxidation sites excluding steroid dienone is 14. The van der Waals surface area contributed by atoms with E-state index in [4.69, 9.17) is 14.2 Å². The summed E-state index contributed by atoms with van der Waals surface area (Å²) < 4.78 is 16.8. The van der Waals surface area contributed by atoms with Crippen LogP contribution in [0.2, 0.25) is 0 Å². The molecular weight excluding hydrogens is 985 g/mol. The number of unbranched alkanes of at least 4 members (excludes halogenated alkanes) is 38. The molecule has 0 rings (SSSR count). The van der Waals surface area contributed by atoms with Crippen molar-refractivity contribution >= 4 is 17.9 Å². The Morgan fingerprint density at radius 1 is 0.263 bits per heavy atom. The molecule has 0 aromatic rings. The first kappa shape index (κ1) is 76.6. The summed E-state index contributed by atoms with van der Waals surface area (Å²) in [5, 5.41) is 0. The average Bonchev–Trinajstić information content (AvgIpc) is 3.46. The normalized spacial score (nSPS) is 12.6. The van der Waals surface area contributed by atoms with E-state index in [1.54, 1.807) is 0 Å². The fraction of sp³-hybridized carbons (Fsp3) is 0.770. The molecule has 0 aromatic carbocycles. The van der Waals surface area contributed by atoms with E-state index < -0.39 is 6.10 Å². The predicted octanol–water partition coefficient (Wildman–Crippen LogP) is 23.8. The van der Waals surface area contributed by atoms with Gasteiger partial charge in [0.05, 0.1) is 0 Å². The van der Waals surface area contributed by atoms with E-state index in [1.165, 1.54) is 199 Å². The summed E-state index contributed by atoms with van der Waals surface area (Å²) in [6.45, 7) is 6.48. The van der Waals surface area contributed by atoms with Gasteiger partial charge in [0.1, 0.15) is 13.2 Å². The lowest BCUT2D eigenvalue weighted by atomic mass is 10.0. The van der Waals surface area contributed by atoms with Crippen LogP contribution in [-0.2, 0) is 28.6 Å². The van der Waals surface area contributed by atoms with Crippen LogP contribution in [0.1, 0.15) is 348 Å². The molecule has 6 nitrogen and oxygen atoms in total. The molecule has 0 N–H and O–H groups in total. The van der Waals surface area contributed by atoms with Gasteiger partial charge in [-0.2, -0.15) is 0 Å². The Morgan fingerprint density at radius 3 is 0.762 bits per heavy atom. The summed E-state index contributed by atoms with van der Waals surface area (Å²) in [6.07, 6.45) is 90.9. The molecule has 1 unspecified atom stereocenters. The summed E-state index contributed by atoms with van der Waals surface area (Å²) in [6, 6.07) is 0. The molecule has 0 heterocycles. The molecule has 1 atom stereocenters. The van der Waals surface area contributed by atoms with Crippen LogP contribution < -0.4 is 0 Å². The Labute approximate surface area is 496 Å². The minimum absolute atomic E-state index is 0.0773. The molecule has 0 aliphatic rings. The fourth-order valence-electron chi connectivity index (χ4n) is 9.97. The molecule has 0 aliphatic carbocycles. The molecule has 0 amide bonds. The van der Waals surface area contributed by atoms with Gasteiger partial charge in [-0.25, -0.2) is 0 Å². The summed E-state index contributed by atoms with van der Waals surface area (Å²) in [5.74, 6) is -0.884. The maximum absolute atomic E-state index is 12.8. The van der Waals surface area contributed by atoms with Crippen molar-refractivity contribution in [2.75, 3.05) is 13.2 Å². The van der Waals surface area contributed by atoms with Crippen molar-refractivity contribution in [2.45, 2.75) is 354 Å². The van der Waals surface area contributed by atoms with Crippen molar-refractivity contribution in [1.29, 1.82) is 0 Å². The van der Waals surface area contributed by atoms with Gasteiger partial charge in [-0.3, -0.25) is 14.4 Å². The highest BCUT2D eigenvalue weighted by atomic mass is 16.6.